The van der Waals surface area contributed by atoms with Crippen molar-refractivity contribution >= 4 is 11.9 Å². The van der Waals surface area contributed by atoms with E-state index in [0.29, 0.717) is 0 Å². The van der Waals surface area contributed by atoms with E-state index in [9.17, 15) is 30.0 Å². The summed E-state index contributed by atoms with van der Waals surface area (Å²) >= 11 is 0. The van der Waals surface area contributed by atoms with Crippen molar-refractivity contribution in [2.75, 3.05) is 6.61 Å². The summed E-state index contributed by atoms with van der Waals surface area (Å²) in [5.74, 6) is -5.17. The summed E-state index contributed by atoms with van der Waals surface area (Å²) in [6.07, 6.45) is -7.48. The van der Waals surface area contributed by atoms with Crippen LogP contribution in [-0.2, 0) is 14.3 Å². The van der Waals surface area contributed by atoms with E-state index >= 15 is 0 Å². The molecule has 6 atom stereocenters. The lowest BCUT2D eigenvalue weighted by Gasteiger charge is -2.44. The molecule has 0 spiro atoms. The Hall–Kier alpha value is -1.30. The molecule has 1 aliphatic rings. The molecule has 0 aromatic rings. The van der Waals surface area contributed by atoms with E-state index < -0.39 is 61.1 Å². The first kappa shape index (κ1) is 17.8. The van der Waals surface area contributed by atoms with Gasteiger partial charge in [-0.3, -0.25) is 4.79 Å². The number of carboxylic acid groups (broad SMARTS) is 1. The van der Waals surface area contributed by atoms with Crippen LogP contribution in [0.15, 0.2) is 0 Å². The van der Waals surface area contributed by atoms with Gasteiger partial charge in [-0.1, -0.05) is 0 Å². The normalized spacial score (nSPS) is 35.8. The van der Waals surface area contributed by atoms with Gasteiger partial charge in [-0.15, -0.1) is 0 Å². The molecule has 0 saturated carbocycles. The monoisotopic (exact) mass is 309 g/mol. The smallest absolute Gasteiger partial charge is 0.364 e. The van der Waals surface area contributed by atoms with Gasteiger partial charge < -0.3 is 40.7 Å². The highest BCUT2D eigenvalue weighted by Gasteiger charge is 2.53. The van der Waals surface area contributed by atoms with Crippen LogP contribution < -0.4 is 5.32 Å². The maximum absolute atomic E-state index is 11.1. The number of aliphatic hydroxyl groups is 5. The van der Waals surface area contributed by atoms with Gasteiger partial charge in [-0.2, -0.15) is 0 Å². The summed E-state index contributed by atoms with van der Waals surface area (Å²) in [5, 5.41) is 59.0. The molecule has 21 heavy (non-hydrogen) atoms. The lowest BCUT2D eigenvalue weighted by molar-refractivity contribution is -0.295. The summed E-state index contributed by atoms with van der Waals surface area (Å²) in [6.45, 7) is 0.256. The molecule has 0 bridgehead atoms. The van der Waals surface area contributed by atoms with E-state index in [-0.39, 0.29) is 0 Å². The number of hydrogen-bond donors (Lipinski definition) is 7. The zero-order chi connectivity index (χ0) is 16.4. The molecule has 4 unspecified atom stereocenters. The highest BCUT2D eigenvalue weighted by molar-refractivity contribution is 5.76. The van der Waals surface area contributed by atoms with Crippen LogP contribution >= 0.6 is 0 Å². The van der Waals surface area contributed by atoms with Gasteiger partial charge in [0.2, 0.25) is 5.91 Å². The van der Waals surface area contributed by atoms with E-state index in [1.165, 1.54) is 0 Å². The van der Waals surface area contributed by atoms with Crippen LogP contribution in [0.5, 0.6) is 0 Å². The molecule has 1 rings (SSSR count). The second-order valence-electron chi connectivity index (χ2n) is 4.91. The van der Waals surface area contributed by atoms with E-state index in [1.54, 1.807) is 0 Å². The maximum Gasteiger partial charge on any atom is 0.364 e. The van der Waals surface area contributed by atoms with Crippen LogP contribution in [0, 0.1) is 0 Å². The largest absolute Gasteiger partial charge is 0.477 e. The summed E-state index contributed by atoms with van der Waals surface area (Å²) in [7, 11) is 0. The first-order chi connectivity index (χ1) is 9.62. The average Bonchev–Trinajstić information content (AvgIpc) is 2.39. The third-order valence-electron chi connectivity index (χ3n) is 3.21. The number of aliphatic hydroxyl groups excluding tert-OH is 4. The molecule has 7 N–H and O–H groups in total. The SMILES string of the molecule is CC(=O)NC1C(O)CC(O)(C(=O)O)OC1[C@@H](O)[C@@H](O)CO. The zero-order valence-electron chi connectivity index (χ0n) is 11.2. The van der Waals surface area contributed by atoms with Gasteiger partial charge >= 0.3 is 5.97 Å². The molecular formula is C11H19NO9. The Morgan fingerprint density at radius 1 is 1.43 bits per heavy atom. The highest BCUT2D eigenvalue weighted by atomic mass is 16.7. The molecule has 0 aliphatic carbocycles. The highest BCUT2D eigenvalue weighted by Crippen LogP contribution is 2.30. The third kappa shape index (κ3) is 3.87. The molecular weight excluding hydrogens is 290 g/mol. The predicted molar refractivity (Wildman–Crippen MR) is 64.8 cm³/mol. The van der Waals surface area contributed by atoms with Crippen LogP contribution in [0.3, 0.4) is 0 Å². The third-order valence-corrected chi connectivity index (χ3v) is 3.21. The number of amides is 1. The van der Waals surface area contributed by atoms with E-state index in [0.717, 1.165) is 6.92 Å². The summed E-state index contributed by atoms with van der Waals surface area (Å²) in [5.41, 5.74) is 0. The van der Waals surface area contributed by atoms with Crippen LogP contribution in [0.25, 0.3) is 0 Å². The first-order valence-electron chi connectivity index (χ1n) is 6.18. The molecule has 0 aromatic carbocycles. The van der Waals surface area contributed by atoms with Crippen molar-refractivity contribution < 1.29 is 45.0 Å². The van der Waals surface area contributed by atoms with Crippen molar-refractivity contribution in [3.8, 4) is 0 Å². The van der Waals surface area contributed by atoms with Gasteiger partial charge in [0.25, 0.3) is 5.79 Å². The molecule has 1 heterocycles. The predicted octanol–water partition coefficient (Wildman–Crippen LogP) is -3.87. The van der Waals surface area contributed by atoms with Gasteiger partial charge in [0.15, 0.2) is 0 Å². The Morgan fingerprint density at radius 2 is 2.00 bits per heavy atom. The minimum absolute atomic E-state index is 0.598. The Bertz CT molecular complexity index is 403. The molecule has 1 saturated heterocycles. The number of carboxylic acids is 1. The van der Waals surface area contributed by atoms with E-state index in [1.807, 2.05) is 0 Å². The number of rotatable bonds is 5. The maximum atomic E-state index is 11.1. The fourth-order valence-corrected chi connectivity index (χ4v) is 2.14. The summed E-state index contributed by atoms with van der Waals surface area (Å²) < 4.78 is 4.86. The average molecular weight is 309 g/mol. The second kappa shape index (κ2) is 6.64. The van der Waals surface area contributed by atoms with Crippen molar-refractivity contribution in [3.05, 3.63) is 0 Å². The van der Waals surface area contributed by atoms with Crippen molar-refractivity contribution in [1.29, 1.82) is 0 Å². The number of carbonyl (C=O) groups excluding carboxylic acids is 1. The Labute approximate surface area is 119 Å². The molecule has 1 amide bonds. The summed E-state index contributed by atoms with van der Waals surface area (Å²) in [6, 6.07) is -1.27. The minimum Gasteiger partial charge on any atom is -0.477 e. The molecule has 10 heteroatoms. The Morgan fingerprint density at radius 3 is 2.43 bits per heavy atom. The lowest BCUT2D eigenvalue weighted by atomic mass is 9.88. The molecule has 10 nitrogen and oxygen atoms in total. The Kier molecular flexibility index (Phi) is 5.61. The van der Waals surface area contributed by atoms with Gasteiger partial charge in [0.05, 0.1) is 18.8 Å². The molecule has 0 aromatic heterocycles. The van der Waals surface area contributed by atoms with E-state index in [4.69, 9.17) is 14.9 Å². The van der Waals surface area contributed by atoms with Crippen molar-refractivity contribution in [2.24, 2.45) is 0 Å². The lowest BCUT2D eigenvalue weighted by Crippen LogP contribution is -2.67. The van der Waals surface area contributed by atoms with Crippen molar-refractivity contribution in [1.82, 2.24) is 5.32 Å². The van der Waals surface area contributed by atoms with Crippen LogP contribution in [0.2, 0.25) is 0 Å². The molecule has 0 radical (unpaired) electrons. The van der Waals surface area contributed by atoms with Crippen molar-refractivity contribution in [2.45, 2.75) is 49.6 Å². The number of hydrogen-bond acceptors (Lipinski definition) is 8. The van der Waals surface area contributed by atoms with Crippen LogP contribution in [0.1, 0.15) is 13.3 Å². The van der Waals surface area contributed by atoms with E-state index in [2.05, 4.69) is 5.32 Å². The topological polar surface area (TPSA) is 177 Å². The second-order valence-corrected chi connectivity index (χ2v) is 4.91. The number of carbonyl (C=O) groups is 2. The fraction of sp³-hybridized carbons (Fsp3) is 0.818. The molecule has 1 fully saturated rings. The number of nitrogens with one attached hydrogen (secondary N) is 1. The molecule has 1 aliphatic heterocycles. The summed E-state index contributed by atoms with van der Waals surface area (Å²) in [4.78, 5) is 22.1. The minimum atomic E-state index is -2.78. The number of ether oxygens (including phenoxy) is 1. The first-order valence-corrected chi connectivity index (χ1v) is 6.18. The van der Waals surface area contributed by atoms with Crippen LogP contribution in [-0.4, -0.2) is 85.4 Å². The van der Waals surface area contributed by atoms with Gasteiger partial charge in [-0.25, -0.2) is 4.79 Å². The van der Waals surface area contributed by atoms with Gasteiger partial charge in [0.1, 0.15) is 18.3 Å². The quantitative estimate of drug-likeness (QED) is 0.268. The van der Waals surface area contributed by atoms with Gasteiger partial charge in [-0.05, 0) is 0 Å². The fourth-order valence-electron chi connectivity index (χ4n) is 2.14. The zero-order valence-corrected chi connectivity index (χ0v) is 11.2. The van der Waals surface area contributed by atoms with Crippen LogP contribution in [0.4, 0.5) is 0 Å². The van der Waals surface area contributed by atoms with Gasteiger partial charge in [0, 0.05) is 13.3 Å². The number of aliphatic carboxylic acids is 1. The molecule has 122 valence electrons. The van der Waals surface area contributed by atoms with Crippen molar-refractivity contribution in [3.63, 3.8) is 0 Å². The Balaban J connectivity index is 3.07. The standard InChI is InChI=1S/C11H19NO9/c1-4(14)12-7-5(15)2-11(20,10(18)19)21-9(7)8(17)6(16)3-13/h5-9,13,15-17,20H,2-3H2,1H3,(H,12,14)(H,18,19)/t5?,6-,7?,8-,9?,11?/m0/s1.